The number of nitrogens with one attached hydrogen (secondary N) is 1. The molecule has 0 aliphatic carbocycles. The van der Waals surface area contributed by atoms with Gasteiger partial charge in [-0.25, -0.2) is 4.31 Å². The molecule has 1 unspecified atom stereocenters. The van der Waals surface area contributed by atoms with Gasteiger partial charge in [0, 0.05) is 89.3 Å². The number of likely N-dealkylation sites (tertiary alicyclic amines) is 1. The van der Waals surface area contributed by atoms with Crippen molar-refractivity contribution in [3.63, 3.8) is 0 Å². The van der Waals surface area contributed by atoms with Crippen LogP contribution < -0.4 is 5.32 Å². The van der Waals surface area contributed by atoms with Gasteiger partial charge in [-0.3, -0.25) is 14.7 Å². The van der Waals surface area contributed by atoms with Crippen molar-refractivity contribution in [3.8, 4) is 0 Å². The summed E-state index contributed by atoms with van der Waals surface area (Å²) in [4.78, 5) is 10.7. The van der Waals surface area contributed by atoms with Gasteiger partial charge < -0.3 is 10.2 Å². The Morgan fingerprint density at radius 3 is 2.03 bits per heavy atom. The van der Waals surface area contributed by atoms with E-state index in [4.69, 9.17) is 0 Å². The first-order chi connectivity index (χ1) is 14.2. The second-order valence-corrected chi connectivity index (χ2v) is 12.2. The van der Waals surface area contributed by atoms with Crippen molar-refractivity contribution in [1.82, 2.24) is 29.2 Å². The molecule has 0 radical (unpaired) electrons. The van der Waals surface area contributed by atoms with Crippen molar-refractivity contribution < 1.29 is 0 Å². The van der Waals surface area contributed by atoms with E-state index >= 15 is 0 Å². The first-order valence-electron chi connectivity index (χ1n) is 12.3. The molecule has 1 N–H and O–H groups in total. The first-order valence-corrected chi connectivity index (χ1v) is 13.2. The minimum atomic E-state index is 0.385. The van der Waals surface area contributed by atoms with Gasteiger partial charge in [0.15, 0.2) is 0 Å². The largest absolute Gasteiger partial charge is 0.313 e. The number of nitrogens with zero attached hydrogens (tertiary/aromatic N) is 5. The highest BCUT2D eigenvalue weighted by Crippen LogP contribution is 2.37. The van der Waals surface area contributed by atoms with Crippen molar-refractivity contribution in [2.75, 3.05) is 78.2 Å². The van der Waals surface area contributed by atoms with Gasteiger partial charge >= 0.3 is 0 Å². The van der Waals surface area contributed by atoms with E-state index in [1.807, 2.05) is 0 Å². The molecule has 174 valence electrons. The summed E-state index contributed by atoms with van der Waals surface area (Å²) in [7, 11) is 2.27. The van der Waals surface area contributed by atoms with E-state index in [-0.39, 0.29) is 0 Å². The molecular weight excluding hydrogens is 392 g/mol. The molecule has 4 saturated heterocycles. The number of hydrogen-bond acceptors (Lipinski definition) is 7. The van der Waals surface area contributed by atoms with Crippen LogP contribution in [0.3, 0.4) is 0 Å². The second kappa shape index (κ2) is 9.16. The van der Waals surface area contributed by atoms with E-state index < -0.39 is 0 Å². The van der Waals surface area contributed by atoms with Crippen LogP contribution in [-0.4, -0.2) is 131 Å². The van der Waals surface area contributed by atoms with Gasteiger partial charge in [-0.2, -0.15) is 0 Å². The Hall–Kier alpha value is 0.110. The van der Waals surface area contributed by atoms with E-state index in [2.05, 4.69) is 82.8 Å². The highest BCUT2D eigenvalue weighted by Gasteiger charge is 2.50. The van der Waals surface area contributed by atoms with Crippen LogP contribution in [0.4, 0.5) is 0 Å². The number of hydrogen-bond donors (Lipinski definition) is 1. The van der Waals surface area contributed by atoms with Gasteiger partial charge in [-0.05, 0) is 48.1 Å². The summed E-state index contributed by atoms with van der Waals surface area (Å²) in [6, 6.07) is 2.00. The summed E-state index contributed by atoms with van der Waals surface area (Å²) in [6.07, 6.45) is 1.30. The fraction of sp³-hybridized carbons (Fsp3) is 1.00. The van der Waals surface area contributed by atoms with Crippen LogP contribution in [0.1, 0.15) is 41.0 Å². The van der Waals surface area contributed by atoms with Crippen LogP contribution in [0.5, 0.6) is 0 Å². The summed E-state index contributed by atoms with van der Waals surface area (Å²) in [6.45, 7) is 24.1. The molecule has 4 heterocycles. The maximum atomic E-state index is 3.55. The molecule has 4 rings (SSSR count). The Balaban J connectivity index is 1.27. The van der Waals surface area contributed by atoms with Gasteiger partial charge in [0.1, 0.15) is 0 Å². The molecule has 0 aromatic heterocycles. The van der Waals surface area contributed by atoms with Crippen LogP contribution >= 0.6 is 11.9 Å². The zero-order chi connectivity index (χ0) is 21.5. The maximum absolute atomic E-state index is 3.55. The van der Waals surface area contributed by atoms with Crippen LogP contribution in [0, 0.1) is 0 Å². The third-order valence-electron chi connectivity index (χ3n) is 8.15. The molecule has 30 heavy (non-hydrogen) atoms. The molecule has 4 fully saturated rings. The number of likely N-dealkylation sites (N-methyl/N-ethyl adjacent to an activating group) is 1. The van der Waals surface area contributed by atoms with Gasteiger partial charge in [0.2, 0.25) is 0 Å². The standard InChI is InChI=1S/C23H46N6S/c1-19(2)26-9-11-29(23(18-26)15-25(6)16-23)30-12-7-21(5)27-8-10-28(20(3)4)22(17-27)13-24-14-22/h19-21,24H,7-18H2,1-6H3. The van der Waals surface area contributed by atoms with Crippen molar-refractivity contribution in [1.29, 1.82) is 0 Å². The zero-order valence-electron chi connectivity index (χ0n) is 20.4. The van der Waals surface area contributed by atoms with E-state index in [1.165, 1.54) is 77.6 Å². The molecule has 0 saturated carbocycles. The quantitative estimate of drug-likeness (QED) is 0.602. The Bertz CT molecular complexity index is 574. The molecule has 6 nitrogen and oxygen atoms in total. The molecule has 2 spiro atoms. The third-order valence-corrected chi connectivity index (χ3v) is 9.45. The molecule has 4 aliphatic heterocycles. The van der Waals surface area contributed by atoms with E-state index in [1.54, 1.807) is 0 Å². The van der Waals surface area contributed by atoms with Crippen molar-refractivity contribution >= 4 is 11.9 Å². The highest BCUT2D eigenvalue weighted by molar-refractivity contribution is 7.97. The molecular formula is C23H46N6S. The molecule has 0 bridgehead atoms. The fourth-order valence-corrected chi connectivity index (χ4v) is 7.62. The van der Waals surface area contributed by atoms with E-state index in [0.29, 0.717) is 29.2 Å². The minimum absolute atomic E-state index is 0.385. The van der Waals surface area contributed by atoms with Gasteiger partial charge in [-0.1, -0.05) is 11.9 Å². The Morgan fingerprint density at radius 1 is 0.800 bits per heavy atom. The first kappa shape index (κ1) is 23.3. The lowest BCUT2D eigenvalue weighted by molar-refractivity contribution is -0.0643. The van der Waals surface area contributed by atoms with Crippen molar-refractivity contribution in [2.24, 2.45) is 0 Å². The Labute approximate surface area is 189 Å². The third kappa shape index (κ3) is 4.45. The van der Waals surface area contributed by atoms with Crippen LogP contribution in [-0.2, 0) is 0 Å². The van der Waals surface area contributed by atoms with Gasteiger partial charge in [0.05, 0.1) is 11.1 Å². The highest BCUT2D eigenvalue weighted by atomic mass is 32.2. The Morgan fingerprint density at radius 2 is 1.47 bits per heavy atom. The van der Waals surface area contributed by atoms with Crippen LogP contribution in [0.2, 0.25) is 0 Å². The molecule has 0 aromatic carbocycles. The maximum Gasteiger partial charge on any atom is 0.0693 e. The lowest BCUT2D eigenvalue weighted by Gasteiger charge is -2.59. The minimum Gasteiger partial charge on any atom is -0.313 e. The van der Waals surface area contributed by atoms with E-state index in [9.17, 15) is 0 Å². The topological polar surface area (TPSA) is 28.2 Å². The van der Waals surface area contributed by atoms with Gasteiger partial charge in [0.25, 0.3) is 0 Å². The second-order valence-electron chi connectivity index (χ2n) is 11.1. The summed E-state index contributed by atoms with van der Waals surface area (Å²) >= 11 is 2.14. The number of rotatable bonds is 7. The van der Waals surface area contributed by atoms with E-state index in [0.717, 1.165) is 0 Å². The smallest absolute Gasteiger partial charge is 0.0693 e. The summed E-state index contributed by atoms with van der Waals surface area (Å²) in [5.41, 5.74) is 0.775. The SMILES string of the molecule is CC(C)N1CCN(SCCC(C)N2CCN(C(C)C)C3(CNC3)C2)C2(CN(C)C2)C1. The van der Waals surface area contributed by atoms with Crippen LogP contribution in [0.15, 0.2) is 0 Å². The monoisotopic (exact) mass is 438 g/mol. The summed E-state index contributed by atoms with van der Waals surface area (Å²) in [5, 5.41) is 3.55. The van der Waals surface area contributed by atoms with Gasteiger partial charge in [-0.15, -0.1) is 0 Å². The van der Waals surface area contributed by atoms with Crippen LogP contribution in [0.25, 0.3) is 0 Å². The predicted molar refractivity (Wildman–Crippen MR) is 129 cm³/mol. The Kier molecular flexibility index (Phi) is 7.11. The van der Waals surface area contributed by atoms with Crippen molar-refractivity contribution in [3.05, 3.63) is 0 Å². The summed E-state index contributed by atoms with van der Waals surface area (Å²) < 4.78 is 2.77. The summed E-state index contributed by atoms with van der Waals surface area (Å²) in [5.74, 6) is 1.25. The molecule has 0 amide bonds. The van der Waals surface area contributed by atoms with Crippen molar-refractivity contribution in [2.45, 2.75) is 70.2 Å². The molecule has 1 atom stereocenters. The molecule has 0 aromatic rings. The average molecular weight is 439 g/mol. The molecule has 4 aliphatic rings. The fourth-order valence-electron chi connectivity index (χ4n) is 6.30. The molecule has 7 heteroatoms. The normalized spacial score (nSPS) is 29.6. The zero-order valence-corrected chi connectivity index (χ0v) is 21.2. The lowest BCUT2D eigenvalue weighted by Crippen LogP contribution is -2.77. The average Bonchev–Trinajstić information content (AvgIpc) is 2.65. The number of piperazine rings is 2. The lowest BCUT2D eigenvalue weighted by atomic mass is 9.85. The predicted octanol–water partition coefficient (Wildman–Crippen LogP) is 1.49.